The highest BCUT2D eigenvalue weighted by atomic mass is 16.2. The Hall–Kier alpha value is -1.84. The number of benzene rings is 1. The molecule has 0 unspecified atom stereocenters. The van der Waals surface area contributed by atoms with E-state index >= 15 is 0 Å². The molecule has 2 amide bonds. The molecule has 0 aromatic heterocycles. The van der Waals surface area contributed by atoms with Crippen LogP contribution in [0.15, 0.2) is 23.2 Å². The average molecular weight is 301 g/mol. The van der Waals surface area contributed by atoms with Crippen molar-refractivity contribution in [2.45, 2.75) is 52.4 Å². The van der Waals surface area contributed by atoms with Crippen LogP contribution < -0.4 is 5.32 Å². The molecule has 1 aromatic rings. The summed E-state index contributed by atoms with van der Waals surface area (Å²) in [6.07, 6.45) is 1.95. The number of carbonyl (C=O) groups excluding carboxylic acids is 1. The molecule has 4 nitrogen and oxygen atoms in total. The van der Waals surface area contributed by atoms with Crippen molar-refractivity contribution < 1.29 is 4.79 Å². The Morgan fingerprint density at radius 1 is 1.18 bits per heavy atom. The molecule has 0 saturated carbocycles. The van der Waals surface area contributed by atoms with E-state index in [2.05, 4.69) is 61.1 Å². The van der Waals surface area contributed by atoms with Gasteiger partial charge < -0.3 is 10.2 Å². The van der Waals surface area contributed by atoms with Gasteiger partial charge in [-0.25, -0.2) is 4.79 Å². The summed E-state index contributed by atoms with van der Waals surface area (Å²) < 4.78 is 0. The Kier molecular flexibility index (Phi) is 5.22. The zero-order valence-corrected chi connectivity index (χ0v) is 14.3. The van der Waals surface area contributed by atoms with Crippen molar-refractivity contribution in [2.24, 2.45) is 4.99 Å². The van der Waals surface area contributed by atoms with Crippen LogP contribution in [0.25, 0.3) is 0 Å². The van der Waals surface area contributed by atoms with Gasteiger partial charge in [-0.2, -0.15) is 4.99 Å². The van der Waals surface area contributed by atoms with Gasteiger partial charge in [-0.1, -0.05) is 45.9 Å². The van der Waals surface area contributed by atoms with Gasteiger partial charge >= 0.3 is 6.03 Å². The Bertz CT molecular complexity index is 549. The fraction of sp³-hybridized carbons (Fsp3) is 0.556. The summed E-state index contributed by atoms with van der Waals surface area (Å²) in [6, 6.07) is 5.97. The summed E-state index contributed by atoms with van der Waals surface area (Å²) in [6.45, 7) is 9.56. The van der Waals surface area contributed by atoms with Crippen LogP contribution in [0.5, 0.6) is 0 Å². The van der Waals surface area contributed by atoms with Gasteiger partial charge in [0.25, 0.3) is 0 Å². The summed E-state index contributed by atoms with van der Waals surface area (Å²) in [5.74, 6) is 1.59. The molecule has 0 atom stereocenters. The van der Waals surface area contributed by atoms with Gasteiger partial charge in [0.15, 0.2) is 0 Å². The van der Waals surface area contributed by atoms with Gasteiger partial charge in [0.2, 0.25) is 0 Å². The summed E-state index contributed by atoms with van der Waals surface area (Å²) in [4.78, 5) is 18.6. The van der Waals surface area contributed by atoms with Crippen LogP contribution in [0.2, 0.25) is 0 Å². The molecule has 0 bridgehead atoms. The number of para-hydroxylation sites is 1. The Morgan fingerprint density at radius 2 is 1.77 bits per heavy atom. The van der Waals surface area contributed by atoms with E-state index in [0.29, 0.717) is 11.8 Å². The van der Waals surface area contributed by atoms with Crippen LogP contribution in [0.1, 0.15) is 63.5 Å². The molecule has 0 aliphatic carbocycles. The minimum absolute atomic E-state index is 0.265. The number of hydrogen-bond acceptors (Lipinski definition) is 1. The quantitative estimate of drug-likeness (QED) is 0.887. The van der Waals surface area contributed by atoms with E-state index in [-0.39, 0.29) is 6.03 Å². The largest absolute Gasteiger partial charge is 0.363 e. The van der Waals surface area contributed by atoms with Crippen LogP contribution in [0.3, 0.4) is 0 Å². The highest BCUT2D eigenvalue weighted by Crippen LogP contribution is 2.32. The first-order valence-electron chi connectivity index (χ1n) is 8.12. The van der Waals surface area contributed by atoms with Gasteiger partial charge in [0, 0.05) is 25.7 Å². The lowest BCUT2D eigenvalue weighted by atomic mass is 9.93. The van der Waals surface area contributed by atoms with Crippen LogP contribution in [0.4, 0.5) is 10.5 Å². The van der Waals surface area contributed by atoms with E-state index in [9.17, 15) is 4.79 Å². The lowest BCUT2D eigenvalue weighted by Gasteiger charge is -2.19. The fourth-order valence-electron chi connectivity index (χ4n) is 2.88. The topological polar surface area (TPSA) is 44.7 Å². The third-order valence-corrected chi connectivity index (χ3v) is 4.17. The van der Waals surface area contributed by atoms with E-state index in [1.807, 2.05) is 7.05 Å². The molecule has 4 heteroatoms. The molecule has 1 aromatic carbocycles. The smallest absolute Gasteiger partial charge is 0.347 e. The Morgan fingerprint density at radius 3 is 2.23 bits per heavy atom. The molecule has 0 radical (unpaired) electrons. The Labute approximate surface area is 133 Å². The molecule has 22 heavy (non-hydrogen) atoms. The van der Waals surface area contributed by atoms with Crippen LogP contribution in [0, 0.1) is 0 Å². The van der Waals surface area contributed by atoms with E-state index in [0.717, 1.165) is 30.9 Å². The lowest BCUT2D eigenvalue weighted by molar-refractivity contribution is 0.259. The second-order valence-corrected chi connectivity index (χ2v) is 6.60. The predicted molar refractivity (Wildman–Crippen MR) is 92.9 cm³/mol. The average Bonchev–Trinajstić information content (AvgIpc) is 2.83. The summed E-state index contributed by atoms with van der Waals surface area (Å²) in [5, 5.41) is 3.04. The maximum Gasteiger partial charge on any atom is 0.347 e. The van der Waals surface area contributed by atoms with E-state index in [1.54, 1.807) is 0 Å². The fourth-order valence-corrected chi connectivity index (χ4v) is 2.88. The van der Waals surface area contributed by atoms with Crippen LogP contribution in [-0.4, -0.2) is 30.4 Å². The van der Waals surface area contributed by atoms with E-state index in [4.69, 9.17) is 0 Å². The molecule has 120 valence electrons. The van der Waals surface area contributed by atoms with Gasteiger partial charge in [0.05, 0.1) is 0 Å². The molecule has 1 saturated heterocycles. The number of nitrogens with zero attached hydrogens (tertiary/aromatic N) is 2. The van der Waals surface area contributed by atoms with Crippen molar-refractivity contribution in [3.63, 3.8) is 0 Å². The third-order valence-electron chi connectivity index (χ3n) is 4.17. The number of anilines is 1. The maximum absolute atomic E-state index is 12.3. The minimum atomic E-state index is -0.265. The first-order chi connectivity index (χ1) is 10.4. The highest BCUT2D eigenvalue weighted by Gasteiger charge is 2.18. The van der Waals surface area contributed by atoms with E-state index < -0.39 is 0 Å². The number of amides is 2. The van der Waals surface area contributed by atoms with Crippen molar-refractivity contribution in [1.82, 2.24) is 4.90 Å². The Balaban J connectivity index is 2.29. The van der Waals surface area contributed by atoms with Gasteiger partial charge in [0.1, 0.15) is 5.84 Å². The summed E-state index contributed by atoms with van der Waals surface area (Å²) in [7, 11) is 1.99. The highest BCUT2D eigenvalue weighted by molar-refractivity contribution is 6.01. The molecule has 1 heterocycles. The standard InChI is InChI=1S/C18H27N3O/c1-12(2)14-8-6-9-15(13(3)4)17(14)20-18(22)19-16-10-7-11-21(16)5/h6,8-9,12-13H,7,10-11H2,1-5H3,(H,20,22)/b19-16+. The molecular weight excluding hydrogens is 274 g/mol. The number of rotatable bonds is 3. The summed E-state index contributed by atoms with van der Waals surface area (Å²) in [5.41, 5.74) is 3.27. The van der Waals surface area contributed by atoms with Crippen molar-refractivity contribution >= 4 is 17.6 Å². The molecule has 1 N–H and O–H groups in total. The van der Waals surface area contributed by atoms with Crippen molar-refractivity contribution in [1.29, 1.82) is 0 Å². The number of urea groups is 1. The number of aliphatic imine (C=N–C) groups is 1. The number of hydrogen-bond donors (Lipinski definition) is 1. The third kappa shape index (κ3) is 3.67. The zero-order chi connectivity index (χ0) is 16.3. The zero-order valence-electron chi connectivity index (χ0n) is 14.3. The van der Waals surface area contributed by atoms with Gasteiger partial charge in [-0.05, 0) is 29.4 Å². The SMILES string of the molecule is CC(C)c1cccc(C(C)C)c1NC(=O)/N=C1\CCCN1C. The van der Waals surface area contributed by atoms with Crippen LogP contribution >= 0.6 is 0 Å². The van der Waals surface area contributed by atoms with Gasteiger partial charge in [-0.15, -0.1) is 0 Å². The van der Waals surface area contributed by atoms with Crippen molar-refractivity contribution in [3.8, 4) is 0 Å². The van der Waals surface area contributed by atoms with Crippen molar-refractivity contribution in [2.75, 3.05) is 18.9 Å². The molecule has 1 aliphatic heterocycles. The number of nitrogens with one attached hydrogen (secondary N) is 1. The molecule has 2 rings (SSSR count). The predicted octanol–water partition coefficient (Wildman–Crippen LogP) is 4.59. The minimum Gasteiger partial charge on any atom is -0.363 e. The number of likely N-dealkylation sites (tertiary alicyclic amines) is 1. The van der Waals surface area contributed by atoms with E-state index in [1.165, 1.54) is 11.1 Å². The second-order valence-electron chi connectivity index (χ2n) is 6.60. The first-order valence-corrected chi connectivity index (χ1v) is 8.12. The van der Waals surface area contributed by atoms with Gasteiger partial charge in [-0.3, -0.25) is 0 Å². The van der Waals surface area contributed by atoms with Crippen molar-refractivity contribution in [3.05, 3.63) is 29.3 Å². The number of carbonyl (C=O) groups is 1. The molecule has 0 spiro atoms. The maximum atomic E-state index is 12.3. The normalized spacial score (nSPS) is 16.9. The molecule has 1 fully saturated rings. The summed E-state index contributed by atoms with van der Waals surface area (Å²) >= 11 is 0. The monoisotopic (exact) mass is 301 g/mol. The number of amidine groups is 1. The lowest BCUT2D eigenvalue weighted by Crippen LogP contribution is -2.22. The first kappa shape index (κ1) is 16.5. The van der Waals surface area contributed by atoms with Crippen LogP contribution in [-0.2, 0) is 0 Å². The molecule has 1 aliphatic rings. The molecular formula is C18H27N3O. The second kappa shape index (κ2) is 6.95.